The zero-order valence-corrected chi connectivity index (χ0v) is 19.2. The van der Waals surface area contributed by atoms with Crippen molar-refractivity contribution in [2.45, 2.75) is 13.2 Å². The molecule has 4 rings (SSSR count). The Kier molecular flexibility index (Phi) is 7.25. The summed E-state index contributed by atoms with van der Waals surface area (Å²) in [7, 11) is 1.63. The van der Waals surface area contributed by atoms with Gasteiger partial charge in [-0.05, 0) is 59.7 Å². The van der Waals surface area contributed by atoms with E-state index in [1.54, 1.807) is 19.2 Å². The minimum atomic E-state index is -0.429. The number of nitrogens with zero attached hydrogens (tertiary/aromatic N) is 2. The van der Waals surface area contributed by atoms with E-state index in [0.29, 0.717) is 35.3 Å². The number of hydrogen-bond donors (Lipinski definition) is 1. The van der Waals surface area contributed by atoms with Crippen LogP contribution in [0.3, 0.4) is 0 Å². The molecule has 0 atom stereocenters. The molecule has 4 aromatic rings. The molecule has 0 saturated carbocycles. The number of benzene rings is 3. The highest BCUT2D eigenvalue weighted by atomic mass is 35.5. The van der Waals surface area contributed by atoms with Crippen molar-refractivity contribution in [1.29, 1.82) is 0 Å². The van der Waals surface area contributed by atoms with Gasteiger partial charge in [-0.2, -0.15) is 0 Å². The number of methoxy groups -OCH3 is 1. The van der Waals surface area contributed by atoms with Crippen molar-refractivity contribution in [1.82, 2.24) is 9.55 Å². The number of anilines is 2. The third kappa shape index (κ3) is 5.63. The van der Waals surface area contributed by atoms with E-state index in [4.69, 9.17) is 21.1 Å². The highest BCUT2D eigenvalue weighted by Crippen LogP contribution is 2.21. The molecule has 34 heavy (non-hydrogen) atoms. The van der Waals surface area contributed by atoms with Crippen molar-refractivity contribution < 1.29 is 14.3 Å². The Hall–Kier alpha value is -4.10. The Balaban J connectivity index is 1.49. The summed E-state index contributed by atoms with van der Waals surface area (Å²) in [5.41, 5.74) is 2.14. The van der Waals surface area contributed by atoms with Gasteiger partial charge in [0.15, 0.2) is 6.29 Å². The number of carbonyl (C=O) groups excluding carboxylic acids is 1. The van der Waals surface area contributed by atoms with Gasteiger partial charge in [-0.15, -0.1) is 0 Å². The number of halogens is 1. The van der Waals surface area contributed by atoms with E-state index in [1.165, 1.54) is 10.8 Å². The normalized spacial score (nSPS) is 10.5. The lowest BCUT2D eigenvalue weighted by Crippen LogP contribution is -2.27. The van der Waals surface area contributed by atoms with E-state index in [1.807, 2.05) is 60.7 Å². The number of hydrogen-bond acceptors (Lipinski definition) is 6. The topological polar surface area (TPSA) is 82.5 Å². The first kappa shape index (κ1) is 23.1. The van der Waals surface area contributed by atoms with Crippen molar-refractivity contribution >= 4 is 29.5 Å². The Bertz CT molecular complexity index is 1320. The lowest BCUT2D eigenvalue weighted by Gasteiger charge is -2.14. The van der Waals surface area contributed by atoms with E-state index in [-0.39, 0.29) is 12.1 Å². The molecule has 3 aromatic carbocycles. The Morgan fingerprint density at radius 1 is 0.941 bits per heavy atom. The van der Waals surface area contributed by atoms with Crippen LogP contribution in [0.4, 0.5) is 11.6 Å². The predicted molar refractivity (Wildman–Crippen MR) is 131 cm³/mol. The molecule has 0 spiro atoms. The molecular weight excluding hydrogens is 454 g/mol. The first-order chi connectivity index (χ1) is 16.6. The smallest absolute Gasteiger partial charge is 0.265 e. The SMILES string of the molecule is COc1ccc(COc2ccc(Nc3ncc(C=O)c(=O)n3Cc3ccc(Cl)cc3)cc2)cc1. The third-order valence-corrected chi connectivity index (χ3v) is 5.38. The molecule has 0 bridgehead atoms. The van der Waals surface area contributed by atoms with Gasteiger partial charge < -0.3 is 14.8 Å². The van der Waals surface area contributed by atoms with Gasteiger partial charge in [0.25, 0.3) is 5.56 Å². The first-order valence-corrected chi connectivity index (χ1v) is 10.9. The van der Waals surface area contributed by atoms with E-state index >= 15 is 0 Å². The zero-order chi connectivity index (χ0) is 23.9. The fraction of sp³-hybridized carbons (Fsp3) is 0.115. The summed E-state index contributed by atoms with van der Waals surface area (Å²) in [5.74, 6) is 1.81. The lowest BCUT2D eigenvalue weighted by molar-refractivity contribution is 0.112. The molecule has 8 heteroatoms. The summed E-state index contributed by atoms with van der Waals surface area (Å²) in [5, 5.41) is 3.75. The fourth-order valence-electron chi connectivity index (χ4n) is 3.26. The van der Waals surface area contributed by atoms with Gasteiger partial charge in [-0.25, -0.2) is 4.98 Å². The molecule has 1 N–H and O–H groups in total. The average Bonchev–Trinajstić information content (AvgIpc) is 2.87. The second kappa shape index (κ2) is 10.7. The molecule has 0 aliphatic heterocycles. The molecular formula is C26H22ClN3O4. The first-order valence-electron chi connectivity index (χ1n) is 10.5. The highest BCUT2D eigenvalue weighted by Gasteiger charge is 2.11. The minimum absolute atomic E-state index is 0.0122. The second-order valence-electron chi connectivity index (χ2n) is 7.46. The van der Waals surface area contributed by atoms with Crippen LogP contribution in [0.15, 0.2) is 83.8 Å². The Morgan fingerprint density at radius 2 is 1.59 bits per heavy atom. The Labute approximate surface area is 201 Å². The lowest BCUT2D eigenvalue weighted by atomic mass is 10.2. The summed E-state index contributed by atoms with van der Waals surface area (Å²) in [4.78, 5) is 28.3. The standard InChI is InChI=1S/C26H22ClN3O4/c1-33-23-10-4-19(5-11-23)17-34-24-12-8-22(9-13-24)29-26-28-14-20(16-31)25(32)30(26)15-18-2-6-21(27)7-3-18/h2-14,16H,15,17H2,1H3,(H,28,29). The minimum Gasteiger partial charge on any atom is -0.497 e. The van der Waals surface area contributed by atoms with Gasteiger partial charge in [-0.3, -0.25) is 14.2 Å². The van der Waals surface area contributed by atoms with Gasteiger partial charge >= 0.3 is 0 Å². The van der Waals surface area contributed by atoms with Crippen LogP contribution in [0, 0.1) is 0 Å². The quantitative estimate of drug-likeness (QED) is 0.339. The summed E-state index contributed by atoms with van der Waals surface area (Å²) in [6.07, 6.45) is 1.77. The number of ether oxygens (including phenoxy) is 2. The van der Waals surface area contributed by atoms with Crippen LogP contribution in [0.25, 0.3) is 0 Å². The third-order valence-electron chi connectivity index (χ3n) is 5.13. The highest BCUT2D eigenvalue weighted by molar-refractivity contribution is 6.30. The molecule has 0 fully saturated rings. The maximum Gasteiger partial charge on any atom is 0.265 e. The molecule has 0 amide bonds. The fourth-order valence-corrected chi connectivity index (χ4v) is 3.39. The van der Waals surface area contributed by atoms with E-state index in [2.05, 4.69) is 10.3 Å². The molecule has 1 aromatic heterocycles. The largest absolute Gasteiger partial charge is 0.497 e. The monoisotopic (exact) mass is 475 g/mol. The summed E-state index contributed by atoms with van der Waals surface area (Å²) in [6.45, 7) is 0.655. The average molecular weight is 476 g/mol. The van der Waals surface area contributed by atoms with Crippen molar-refractivity contribution in [3.05, 3.63) is 111 Å². The number of rotatable bonds is 9. The molecule has 0 radical (unpaired) electrons. The molecule has 0 saturated heterocycles. The molecule has 0 aliphatic rings. The number of carbonyl (C=O) groups is 1. The van der Waals surface area contributed by atoms with Crippen LogP contribution in [-0.4, -0.2) is 22.9 Å². The van der Waals surface area contributed by atoms with Crippen molar-refractivity contribution in [2.75, 3.05) is 12.4 Å². The Morgan fingerprint density at radius 3 is 2.24 bits per heavy atom. The van der Waals surface area contributed by atoms with E-state index in [0.717, 1.165) is 16.9 Å². The van der Waals surface area contributed by atoms with Crippen LogP contribution in [-0.2, 0) is 13.2 Å². The maximum absolute atomic E-state index is 12.8. The second-order valence-corrected chi connectivity index (χ2v) is 7.90. The van der Waals surface area contributed by atoms with Crippen molar-refractivity contribution in [3.8, 4) is 11.5 Å². The van der Waals surface area contributed by atoms with Crippen LogP contribution in [0.2, 0.25) is 5.02 Å². The summed E-state index contributed by atoms with van der Waals surface area (Å²) >= 11 is 5.96. The molecule has 7 nitrogen and oxygen atoms in total. The molecule has 0 unspecified atom stereocenters. The van der Waals surface area contributed by atoms with Crippen LogP contribution in [0.1, 0.15) is 21.5 Å². The van der Waals surface area contributed by atoms with Crippen LogP contribution >= 0.6 is 11.6 Å². The predicted octanol–water partition coefficient (Wildman–Crippen LogP) is 5.09. The number of aldehydes is 1. The molecule has 1 heterocycles. The van der Waals surface area contributed by atoms with Crippen molar-refractivity contribution in [2.24, 2.45) is 0 Å². The van der Waals surface area contributed by atoms with Gasteiger partial charge in [0.1, 0.15) is 18.1 Å². The summed E-state index contributed by atoms with van der Waals surface area (Å²) in [6, 6.07) is 22.1. The van der Waals surface area contributed by atoms with Crippen LogP contribution in [0.5, 0.6) is 11.5 Å². The molecule has 172 valence electrons. The van der Waals surface area contributed by atoms with Gasteiger partial charge in [0.05, 0.1) is 19.2 Å². The maximum atomic E-state index is 12.8. The molecule has 0 aliphatic carbocycles. The van der Waals surface area contributed by atoms with Crippen molar-refractivity contribution in [3.63, 3.8) is 0 Å². The number of aromatic nitrogens is 2. The van der Waals surface area contributed by atoms with Gasteiger partial charge in [0, 0.05) is 16.9 Å². The van der Waals surface area contributed by atoms with E-state index in [9.17, 15) is 9.59 Å². The van der Waals surface area contributed by atoms with Gasteiger partial charge in [0.2, 0.25) is 5.95 Å². The number of nitrogens with one attached hydrogen (secondary N) is 1. The van der Waals surface area contributed by atoms with Gasteiger partial charge in [-0.1, -0.05) is 35.9 Å². The van der Waals surface area contributed by atoms with E-state index < -0.39 is 5.56 Å². The zero-order valence-electron chi connectivity index (χ0n) is 18.4. The van der Waals surface area contributed by atoms with Crippen LogP contribution < -0.4 is 20.3 Å². The summed E-state index contributed by atoms with van der Waals surface area (Å²) < 4.78 is 12.4.